The molecular formula is C19H19N3O4. The van der Waals surface area contributed by atoms with Crippen LogP contribution in [0.5, 0.6) is 5.88 Å². The Balaban J connectivity index is 2.11. The number of carbonyl (C=O) groups is 1. The molecule has 2 heterocycles. The average molecular weight is 353 g/mol. The van der Waals surface area contributed by atoms with Gasteiger partial charge in [0.15, 0.2) is 0 Å². The zero-order valence-electron chi connectivity index (χ0n) is 14.7. The van der Waals surface area contributed by atoms with Gasteiger partial charge in [-0.2, -0.15) is 4.98 Å². The molecule has 7 nitrogen and oxygen atoms in total. The Morgan fingerprint density at radius 2 is 2.04 bits per heavy atom. The van der Waals surface area contributed by atoms with E-state index in [1.54, 1.807) is 24.4 Å². The standard InChI is InChI=1S/C19H19N3O4/c1-11-8-14(18-21-16(26-3)9-17(23)22(18)10-11)12(2)20-15-7-5-4-6-13(15)19(24)25/h4-10,12,20H,1-3H3,(H,24,25). The van der Waals surface area contributed by atoms with Crippen molar-refractivity contribution in [2.24, 2.45) is 0 Å². The minimum atomic E-state index is -1.01. The molecule has 0 aliphatic carbocycles. The van der Waals surface area contributed by atoms with E-state index in [0.717, 1.165) is 11.1 Å². The van der Waals surface area contributed by atoms with Crippen molar-refractivity contribution in [3.8, 4) is 5.88 Å². The molecule has 0 amide bonds. The number of carboxylic acids is 1. The molecule has 3 aromatic rings. The first-order valence-corrected chi connectivity index (χ1v) is 8.07. The van der Waals surface area contributed by atoms with Crippen LogP contribution in [-0.2, 0) is 0 Å². The molecule has 0 fully saturated rings. The van der Waals surface area contributed by atoms with Gasteiger partial charge < -0.3 is 15.2 Å². The maximum Gasteiger partial charge on any atom is 0.337 e. The number of methoxy groups -OCH3 is 1. The van der Waals surface area contributed by atoms with Gasteiger partial charge in [0.2, 0.25) is 5.88 Å². The Morgan fingerprint density at radius 1 is 1.31 bits per heavy atom. The molecule has 0 saturated heterocycles. The van der Waals surface area contributed by atoms with Crippen LogP contribution in [-0.4, -0.2) is 27.6 Å². The zero-order valence-corrected chi connectivity index (χ0v) is 14.7. The Kier molecular flexibility index (Phi) is 4.62. The molecule has 134 valence electrons. The summed E-state index contributed by atoms with van der Waals surface area (Å²) in [6.07, 6.45) is 1.71. The fraction of sp³-hybridized carbons (Fsp3) is 0.211. The molecule has 2 N–H and O–H groups in total. The number of hydrogen-bond acceptors (Lipinski definition) is 5. The predicted molar refractivity (Wildman–Crippen MR) is 98.2 cm³/mol. The molecule has 0 bridgehead atoms. The minimum Gasteiger partial charge on any atom is -0.481 e. The van der Waals surface area contributed by atoms with Crippen LogP contribution in [0.4, 0.5) is 5.69 Å². The molecule has 0 aliphatic heterocycles. The maximum absolute atomic E-state index is 12.3. The third-order valence-electron chi connectivity index (χ3n) is 4.11. The number of pyridine rings is 1. The summed E-state index contributed by atoms with van der Waals surface area (Å²) < 4.78 is 6.58. The van der Waals surface area contributed by atoms with Crippen LogP contribution in [0.25, 0.3) is 5.65 Å². The summed E-state index contributed by atoms with van der Waals surface area (Å²) in [7, 11) is 1.46. The number of anilines is 1. The predicted octanol–water partition coefficient (Wildman–Crippen LogP) is 2.88. The molecule has 7 heteroatoms. The van der Waals surface area contributed by atoms with Crippen LogP contribution >= 0.6 is 0 Å². The molecule has 2 aromatic heterocycles. The van der Waals surface area contributed by atoms with Gasteiger partial charge in [-0.1, -0.05) is 12.1 Å². The highest BCUT2D eigenvalue weighted by atomic mass is 16.5. The van der Waals surface area contributed by atoms with Crippen LogP contribution in [0.2, 0.25) is 0 Å². The largest absolute Gasteiger partial charge is 0.481 e. The molecule has 1 unspecified atom stereocenters. The van der Waals surface area contributed by atoms with Crippen LogP contribution in [0.15, 0.2) is 47.4 Å². The molecule has 1 atom stereocenters. The SMILES string of the molecule is COc1cc(=O)n2cc(C)cc(C(C)Nc3ccccc3C(=O)O)c2n1. The van der Waals surface area contributed by atoms with Crippen LogP contribution in [0, 0.1) is 6.92 Å². The number of aryl methyl sites for hydroxylation is 1. The van der Waals surface area contributed by atoms with E-state index in [-0.39, 0.29) is 23.0 Å². The lowest BCUT2D eigenvalue weighted by molar-refractivity contribution is 0.0698. The van der Waals surface area contributed by atoms with Gasteiger partial charge >= 0.3 is 5.97 Å². The lowest BCUT2D eigenvalue weighted by atomic mass is 10.1. The second kappa shape index (κ2) is 6.87. The van der Waals surface area contributed by atoms with Gasteiger partial charge in [0.1, 0.15) is 5.65 Å². The summed E-state index contributed by atoms with van der Waals surface area (Å²) in [6.45, 7) is 3.77. The molecular weight excluding hydrogens is 334 g/mol. The first kappa shape index (κ1) is 17.5. The van der Waals surface area contributed by atoms with Gasteiger partial charge in [-0.25, -0.2) is 4.79 Å². The van der Waals surface area contributed by atoms with Crippen molar-refractivity contribution in [2.75, 3.05) is 12.4 Å². The smallest absolute Gasteiger partial charge is 0.337 e. The number of aromatic carboxylic acids is 1. The second-order valence-electron chi connectivity index (χ2n) is 6.02. The molecule has 1 aromatic carbocycles. The average Bonchev–Trinajstić information content (AvgIpc) is 2.61. The quantitative estimate of drug-likeness (QED) is 0.733. The molecule has 0 spiro atoms. The Morgan fingerprint density at radius 3 is 2.73 bits per heavy atom. The lowest BCUT2D eigenvalue weighted by Gasteiger charge is -2.19. The number of aromatic nitrogens is 2. The van der Waals surface area contributed by atoms with E-state index >= 15 is 0 Å². The van der Waals surface area contributed by atoms with Crippen molar-refractivity contribution in [3.63, 3.8) is 0 Å². The van der Waals surface area contributed by atoms with E-state index in [1.807, 2.05) is 19.9 Å². The summed E-state index contributed by atoms with van der Waals surface area (Å²) in [5.74, 6) is -0.774. The first-order chi connectivity index (χ1) is 12.4. The van der Waals surface area contributed by atoms with Crippen LogP contribution in [0.1, 0.15) is 34.5 Å². The Bertz CT molecular complexity index is 1040. The Hall–Kier alpha value is -3.35. The molecule has 3 rings (SSSR count). The van der Waals surface area contributed by atoms with E-state index < -0.39 is 5.97 Å². The van der Waals surface area contributed by atoms with Crippen molar-refractivity contribution in [3.05, 3.63) is 69.6 Å². The van der Waals surface area contributed by atoms with E-state index in [0.29, 0.717) is 11.3 Å². The lowest BCUT2D eigenvalue weighted by Crippen LogP contribution is -2.19. The molecule has 0 saturated carbocycles. The molecule has 26 heavy (non-hydrogen) atoms. The number of fused-ring (bicyclic) bond motifs is 1. The Labute approximate surface area is 149 Å². The minimum absolute atomic E-state index is 0.180. The third-order valence-corrected chi connectivity index (χ3v) is 4.11. The fourth-order valence-corrected chi connectivity index (χ4v) is 2.88. The normalized spacial score (nSPS) is 12.0. The highest BCUT2D eigenvalue weighted by Gasteiger charge is 2.17. The third kappa shape index (κ3) is 3.23. The number of para-hydroxylation sites is 1. The summed E-state index contributed by atoms with van der Waals surface area (Å²) in [4.78, 5) is 28.2. The summed E-state index contributed by atoms with van der Waals surface area (Å²) in [6, 6.07) is 9.64. The van der Waals surface area contributed by atoms with Gasteiger partial charge in [-0.3, -0.25) is 9.20 Å². The highest BCUT2D eigenvalue weighted by Crippen LogP contribution is 2.26. The van der Waals surface area contributed by atoms with E-state index in [2.05, 4.69) is 10.3 Å². The van der Waals surface area contributed by atoms with E-state index in [4.69, 9.17) is 4.74 Å². The molecule has 0 aliphatic rings. The van der Waals surface area contributed by atoms with Crippen molar-refractivity contribution in [2.45, 2.75) is 19.9 Å². The second-order valence-corrected chi connectivity index (χ2v) is 6.02. The fourth-order valence-electron chi connectivity index (χ4n) is 2.88. The van der Waals surface area contributed by atoms with Gasteiger partial charge in [0.05, 0.1) is 24.8 Å². The van der Waals surface area contributed by atoms with Crippen molar-refractivity contribution < 1.29 is 14.6 Å². The zero-order chi connectivity index (χ0) is 18.8. The number of benzene rings is 1. The van der Waals surface area contributed by atoms with Crippen LogP contribution in [0.3, 0.4) is 0 Å². The van der Waals surface area contributed by atoms with Gasteiger partial charge in [0.25, 0.3) is 5.56 Å². The number of nitrogens with zero attached hydrogens (tertiary/aromatic N) is 2. The number of rotatable bonds is 5. The van der Waals surface area contributed by atoms with Crippen molar-refractivity contribution in [1.82, 2.24) is 9.38 Å². The van der Waals surface area contributed by atoms with E-state index in [9.17, 15) is 14.7 Å². The van der Waals surface area contributed by atoms with Crippen LogP contribution < -0.4 is 15.6 Å². The van der Waals surface area contributed by atoms with Gasteiger partial charge in [0, 0.05) is 17.4 Å². The summed E-state index contributed by atoms with van der Waals surface area (Å²) in [5.41, 5.74) is 2.56. The van der Waals surface area contributed by atoms with Crippen molar-refractivity contribution >= 4 is 17.3 Å². The number of hydrogen-bond donors (Lipinski definition) is 2. The monoisotopic (exact) mass is 353 g/mol. The topological polar surface area (TPSA) is 92.9 Å². The molecule has 0 radical (unpaired) electrons. The first-order valence-electron chi connectivity index (χ1n) is 8.07. The summed E-state index contributed by atoms with van der Waals surface area (Å²) in [5, 5.41) is 12.6. The number of carboxylic acid groups (broad SMARTS) is 1. The van der Waals surface area contributed by atoms with Crippen molar-refractivity contribution in [1.29, 1.82) is 0 Å². The van der Waals surface area contributed by atoms with E-state index in [1.165, 1.54) is 23.6 Å². The number of nitrogens with one attached hydrogen (secondary N) is 1. The highest BCUT2D eigenvalue weighted by molar-refractivity contribution is 5.94. The maximum atomic E-state index is 12.3. The summed E-state index contributed by atoms with van der Waals surface area (Å²) >= 11 is 0. The van der Waals surface area contributed by atoms with Gasteiger partial charge in [-0.05, 0) is 37.6 Å². The van der Waals surface area contributed by atoms with Gasteiger partial charge in [-0.15, -0.1) is 0 Å². The number of ether oxygens (including phenoxy) is 1.